The number of hydrogen-bond acceptors (Lipinski definition) is 1. The molecule has 3 nitrogen and oxygen atoms in total. The molecule has 1 N–H and O–H groups in total. The predicted molar refractivity (Wildman–Crippen MR) is 77.0 cm³/mol. The van der Waals surface area contributed by atoms with E-state index in [0.29, 0.717) is 21.3 Å². The molecule has 0 saturated carbocycles. The van der Waals surface area contributed by atoms with Gasteiger partial charge in [0.15, 0.2) is 0 Å². The van der Waals surface area contributed by atoms with Gasteiger partial charge in [0, 0.05) is 17.1 Å². The summed E-state index contributed by atoms with van der Waals surface area (Å²) in [6.45, 7) is 5.50. The Morgan fingerprint density at radius 2 is 1.84 bits per heavy atom. The standard InChI is InChI=1S/C14H13Cl2NO2/c1-7-6-10(14(18)19)9(3)17(7)12-5-4-11(15)13(16)8(12)2/h4-6H,1-3H3,(H,18,19). The fourth-order valence-electron chi connectivity index (χ4n) is 2.23. The van der Waals surface area contributed by atoms with Crippen LogP contribution >= 0.6 is 23.2 Å². The van der Waals surface area contributed by atoms with Gasteiger partial charge in [-0.05, 0) is 44.5 Å². The zero-order valence-electron chi connectivity index (χ0n) is 10.8. The van der Waals surface area contributed by atoms with Gasteiger partial charge in [0.25, 0.3) is 0 Å². The number of nitrogens with zero attached hydrogens (tertiary/aromatic N) is 1. The summed E-state index contributed by atoms with van der Waals surface area (Å²) in [5.74, 6) is -0.933. The summed E-state index contributed by atoms with van der Waals surface area (Å²) in [6.07, 6.45) is 0. The van der Waals surface area contributed by atoms with Crippen molar-refractivity contribution in [2.75, 3.05) is 0 Å². The predicted octanol–water partition coefficient (Wildman–Crippen LogP) is 4.41. The van der Waals surface area contributed by atoms with E-state index in [1.807, 2.05) is 24.5 Å². The Balaban J connectivity index is 2.73. The second-order valence-electron chi connectivity index (χ2n) is 4.43. The van der Waals surface area contributed by atoms with E-state index in [4.69, 9.17) is 28.3 Å². The van der Waals surface area contributed by atoms with Crippen LogP contribution in [0.3, 0.4) is 0 Å². The Hall–Kier alpha value is -1.45. The summed E-state index contributed by atoms with van der Waals surface area (Å²) in [5.41, 5.74) is 3.48. The first-order chi connectivity index (χ1) is 8.84. The van der Waals surface area contributed by atoms with Crippen LogP contribution in [-0.2, 0) is 0 Å². The third-order valence-corrected chi connectivity index (χ3v) is 4.11. The highest BCUT2D eigenvalue weighted by molar-refractivity contribution is 6.42. The lowest BCUT2D eigenvalue weighted by Gasteiger charge is -2.14. The van der Waals surface area contributed by atoms with E-state index in [9.17, 15) is 4.79 Å². The SMILES string of the molecule is Cc1c(-n2c(C)cc(C(=O)O)c2C)ccc(Cl)c1Cl. The van der Waals surface area contributed by atoms with E-state index >= 15 is 0 Å². The van der Waals surface area contributed by atoms with Crippen LogP contribution in [0.1, 0.15) is 27.3 Å². The van der Waals surface area contributed by atoms with Gasteiger partial charge in [0.05, 0.1) is 15.6 Å². The number of aromatic carboxylic acids is 1. The molecule has 19 heavy (non-hydrogen) atoms. The molecule has 0 radical (unpaired) electrons. The molecule has 100 valence electrons. The van der Waals surface area contributed by atoms with Gasteiger partial charge in [-0.2, -0.15) is 0 Å². The molecule has 0 aliphatic heterocycles. The number of aromatic nitrogens is 1. The molecule has 5 heteroatoms. The number of aryl methyl sites for hydroxylation is 1. The van der Waals surface area contributed by atoms with Gasteiger partial charge in [0.1, 0.15) is 0 Å². The summed E-state index contributed by atoms with van der Waals surface area (Å²) in [5, 5.41) is 10.1. The van der Waals surface area contributed by atoms with Gasteiger partial charge in [-0.15, -0.1) is 0 Å². The first-order valence-corrected chi connectivity index (χ1v) is 6.47. The van der Waals surface area contributed by atoms with Crippen molar-refractivity contribution in [3.05, 3.63) is 50.8 Å². The molecule has 0 aliphatic carbocycles. The van der Waals surface area contributed by atoms with Gasteiger partial charge in [-0.3, -0.25) is 0 Å². The molecule has 0 aliphatic rings. The molecule has 0 saturated heterocycles. The maximum Gasteiger partial charge on any atom is 0.337 e. The Morgan fingerprint density at radius 1 is 1.21 bits per heavy atom. The van der Waals surface area contributed by atoms with Crippen LogP contribution in [-0.4, -0.2) is 15.6 Å². The smallest absolute Gasteiger partial charge is 0.337 e. The van der Waals surface area contributed by atoms with Gasteiger partial charge in [-0.25, -0.2) is 4.79 Å². The zero-order valence-corrected chi connectivity index (χ0v) is 12.3. The lowest BCUT2D eigenvalue weighted by Crippen LogP contribution is -2.04. The fourth-order valence-corrected chi connectivity index (χ4v) is 2.60. The molecular weight excluding hydrogens is 285 g/mol. The quantitative estimate of drug-likeness (QED) is 0.892. The van der Waals surface area contributed by atoms with Crippen molar-refractivity contribution in [1.29, 1.82) is 0 Å². The van der Waals surface area contributed by atoms with E-state index in [2.05, 4.69) is 0 Å². The third kappa shape index (κ3) is 2.24. The van der Waals surface area contributed by atoms with Crippen LogP contribution in [0.25, 0.3) is 5.69 Å². The van der Waals surface area contributed by atoms with Crippen molar-refractivity contribution in [2.45, 2.75) is 20.8 Å². The van der Waals surface area contributed by atoms with Gasteiger partial charge in [0.2, 0.25) is 0 Å². The van der Waals surface area contributed by atoms with Gasteiger partial charge in [-0.1, -0.05) is 23.2 Å². The van der Waals surface area contributed by atoms with E-state index < -0.39 is 5.97 Å². The molecule has 0 amide bonds. The van der Waals surface area contributed by atoms with E-state index in [1.165, 1.54) is 0 Å². The summed E-state index contributed by atoms with van der Waals surface area (Å²) in [4.78, 5) is 11.2. The third-order valence-electron chi connectivity index (χ3n) is 3.21. The number of halogens is 2. The number of benzene rings is 1. The molecule has 2 rings (SSSR count). The minimum Gasteiger partial charge on any atom is -0.478 e. The summed E-state index contributed by atoms with van der Waals surface area (Å²) in [7, 11) is 0. The Labute approximate surface area is 121 Å². The average Bonchev–Trinajstić information content (AvgIpc) is 2.63. The highest BCUT2D eigenvalue weighted by atomic mass is 35.5. The van der Waals surface area contributed by atoms with Crippen molar-refractivity contribution in [3.8, 4) is 5.69 Å². The van der Waals surface area contributed by atoms with E-state index in [-0.39, 0.29) is 0 Å². The monoisotopic (exact) mass is 297 g/mol. The van der Waals surface area contributed by atoms with Crippen molar-refractivity contribution in [2.24, 2.45) is 0 Å². The lowest BCUT2D eigenvalue weighted by atomic mass is 10.2. The van der Waals surface area contributed by atoms with Crippen LogP contribution < -0.4 is 0 Å². The number of hydrogen-bond donors (Lipinski definition) is 1. The molecule has 0 atom stereocenters. The first kappa shape index (κ1) is 14.0. The Bertz CT molecular complexity index is 675. The van der Waals surface area contributed by atoms with Crippen molar-refractivity contribution >= 4 is 29.2 Å². The van der Waals surface area contributed by atoms with Crippen LogP contribution in [0.15, 0.2) is 18.2 Å². The van der Waals surface area contributed by atoms with E-state index in [1.54, 1.807) is 19.1 Å². The normalized spacial score (nSPS) is 10.8. The second kappa shape index (κ2) is 4.91. The largest absolute Gasteiger partial charge is 0.478 e. The molecular formula is C14H13Cl2NO2. The highest BCUT2D eigenvalue weighted by Crippen LogP contribution is 2.32. The molecule has 2 aromatic rings. The molecule has 0 unspecified atom stereocenters. The van der Waals surface area contributed by atoms with Crippen molar-refractivity contribution in [1.82, 2.24) is 4.57 Å². The Morgan fingerprint density at radius 3 is 2.37 bits per heavy atom. The molecule has 0 spiro atoms. The van der Waals surface area contributed by atoms with Crippen LogP contribution in [0.4, 0.5) is 0 Å². The zero-order chi connectivity index (χ0) is 14.3. The van der Waals surface area contributed by atoms with Crippen LogP contribution in [0.2, 0.25) is 10.0 Å². The van der Waals surface area contributed by atoms with Gasteiger partial charge < -0.3 is 9.67 Å². The molecule has 1 heterocycles. The van der Waals surface area contributed by atoms with E-state index in [0.717, 1.165) is 16.9 Å². The number of carboxylic acids is 1. The average molecular weight is 298 g/mol. The summed E-state index contributed by atoms with van der Waals surface area (Å²) in [6, 6.07) is 5.21. The summed E-state index contributed by atoms with van der Waals surface area (Å²) >= 11 is 12.1. The number of carbonyl (C=O) groups is 1. The minimum absolute atomic E-state index is 0.294. The maximum absolute atomic E-state index is 11.2. The van der Waals surface area contributed by atoms with Gasteiger partial charge >= 0.3 is 5.97 Å². The summed E-state index contributed by atoms with van der Waals surface area (Å²) < 4.78 is 1.88. The topological polar surface area (TPSA) is 42.2 Å². The number of rotatable bonds is 2. The molecule has 1 aromatic carbocycles. The van der Waals surface area contributed by atoms with Crippen molar-refractivity contribution in [3.63, 3.8) is 0 Å². The highest BCUT2D eigenvalue weighted by Gasteiger charge is 2.18. The Kier molecular flexibility index (Phi) is 3.61. The second-order valence-corrected chi connectivity index (χ2v) is 5.22. The number of carboxylic acid groups (broad SMARTS) is 1. The molecule has 0 fully saturated rings. The first-order valence-electron chi connectivity index (χ1n) is 5.71. The van der Waals surface area contributed by atoms with Crippen LogP contribution in [0.5, 0.6) is 0 Å². The fraction of sp³-hybridized carbons (Fsp3) is 0.214. The van der Waals surface area contributed by atoms with Crippen molar-refractivity contribution < 1.29 is 9.90 Å². The minimum atomic E-state index is -0.933. The lowest BCUT2D eigenvalue weighted by molar-refractivity contribution is 0.0696. The molecule has 1 aromatic heterocycles. The maximum atomic E-state index is 11.2. The molecule has 0 bridgehead atoms. The van der Waals surface area contributed by atoms with Crippen LogP contribution in [0, 0.1) is 20.8 Å².